The van der Waals surface area contributed by atoms with Gasteiger partial charge in [0.1, 0.15) is 0 Å². The van der Waals surface area contributed by atoms with Gasteiger partial charge in [-0.05, 0) is 30.3 Å². The predicted molar refractivity (Wildman–Crippen MR) is 107 cm³/mol. The van der Waals surface area contributed by atoms with Crippen molar-refractivity contribution in [2.75, 3.05) is 11.1 Å². The van der Waals surface area contributed by atoms with Gasteiger partial charge in [-0.2, -0.15) is 9.61 Å². The number of nitrogens with one attached hydrogen (secondary N) is 1. The number of rotatable bonds is 5. The van der Waals surface area contributed by atoms with Crippen LogP contribution in [0.25, 0.3) is 16.9 Å². The molecule has 2 aromatic carbocycles. The highest BCUT2D eigenvalue weighted by Gasteiger charge is 2.12. The first-order valence-corrected chi connectivity index (χ1v) is 9.51. The zero-order valence-electron chi connectivity index (χ0n) is 14.0. The molecule has 0 radical (unpaired) electrons. The maximum absolute atomic E-state index is 12.2. The molecule has 1 amide bonds. The first kappa shape index (κ1) is 17.5. The lowest BCUT2D eigenvalue weighted by Gasteiger charge is -2.05. The molecule has 0 aliphatic carbocycles. The second-order valence-corrected chi connectivity index (χ2v) is 7.06. The van der Waals surface area contributed by atoms with Gasteiger partial charge < -0.3 is 5.32 Å². The Labute approximate surface area is 164 Å². The largest absolute Gasteiger partial charge is 0.325 e. The third-order valence-corrected chi connectivity index (χ3v) is 4.90. The second-order valence-electron chi connectivity index (χ2n) is 5.68. The Kier molecular flexibility index (Phi) is 5.04. The van der Waals surface area contributed by atoms with Crippen LogP contribution in [-0.2, 0) is 4.79 Å². The van der Waals surface area contributed by atoms with Gasteiger partial charge in [0.05, 0.1) is 11.4 Å². The van der Waals surface area contributed by atoms with E-state index in [2.05, 4.69) is 20.6 Å². The van der Waals surface area contributed by atoms with Gasteiger partial charge in [-0.25, -0.2) is 0 Å². The van der Waals surface area contributed by atoms with Crippen molar-refractivity contribution in [2.45, 2.75) is 5.16 Å². The van der Waals surface area contributed by atoms with Gasteiger partial charge in [0.25, 0.3) is 0 Å². The molecule has 6 nitrogen and oxygen atoms in total. The van der Waals surface area contributed by atoms with Crippen molar-refractivity contribution in [3.8, 4) is 11.3 Å². The number of anilines is 1. The smallest absolute Gasteiger partial charge is 0.234 e. The Morgan fingerprint density at radius 2 is 1.89 bits per heavy atom. The fraction of sp³-hybridized carbons (Fsp3) is 0.0526. The molecule has 27 heavy (non-hydrogen) atoms. The molecule has 2 heterocycles. The van der Waals surface area contributed by atoms with Crippen molar-refractivity contribution in [3.05, 3.63) is 71.8 Å². The second kappa shape index (κ2) is 7.77. The summed E-state index contributed by atoms with van der Waals surface area (Å²) in [6, 6.07) is 20.6. The minimum atomic E-state index is -0.154. The van der Waals surface area contributed by atoms with Crippen molar-refractivity contribution < 1.29 is 4.79 Å². The molecule has 0 atom stereocenters. The Morgan fingerprint density at radius 1 is 1.04 bits per heavy atom. The summed E-state index contributed by atoms with van der Waals surface area (Å²) in [5.74, 6) is 0.0307. The van der Waals surface area contributed by atoms with E-state index >= 15 is 0 Å². The number of nitrogens with zero attached hydrogens (tertiary/aromatic N) is 4. The molecule has 4 aromatic rings. The number of aromatic nitrogens is 4. The minimum absolute atomic E-state index is 0.154. The average molecular weight is 396 g/mol. The van der Waals surface area contributed by atoms with Crippen LogP contribution in [0.2, 0.25) is 5.02 Å². The van der Waals surface area contributed by atoms with E-state index in [0.717, 1.165) is 11.3 Å². The van der Waals surface area contributed by atoms with Gasteiger partial charge in [0, 0.05) is 16.3 Å². The van der Waals surface area contributed by atoms with E-state index < -0.39 is 0 Å². The van der Waals surface area contributed by atoms with Crippen LogP contribution in [-0.4, -0.2) is 31.5 Å². The molecule has 2 aromatic heterocycles. The van der Waals surface area contributed by atoms with Crippen LogP contribution in [0.5, 0.6) is 0 Å². The quantitative estimate of drug-likeness (QED) is 0.513. The van der Waals surface area contributed by atoms with Gasteiger partial charge in [-0.1, -0.05) is 59.8 Å². The Bertz CT molecular complexity index is 1100. The molecule has 0 bridgehead atoms. The van der Waals surface area contributed by atoms with Crippen LogP contribution in [0, 0.1) is 0 Å². The van der Waals surface area contributed by atoms with E-state index in [-0.39, 0.29) is 11.7 Å². The van der Waals surface area contributed by atoms with Crippen molar-refractivity contribution >= 4 is 40.6 Å². The molecule has 4 rings (SSSR count). The number of thioether (sulfide) groups is 1. The highest BCUT2D eigenvalue weighted by molar-refractivity contribution is 7.99. The summed E-state index contributed by atoms with van der Waals surface area (Å²) in [6.45, 7) is 0. The van der Waals surface area contributed by atoms with Crippen LogP contribution in [0.15, 0.2) is 71.9 Å². The number of benzene rings is 2. The summed E-state index contributed by atoms with van der Waals surface area (Å²) < 4.78 is 1.65. The Balaban J connectivity index is 1.49. The topological polar surface area (TPSA) is 72.2 Å². The lowest BCUT2D eigenvalue weighted by atomic mass is 10.1. The van der Waals surface area contributed by atoms with Gasteiger partial charge >= 0.3 is 0 Å². The Morgan fingerprint density at radius 3 is 2.70 bits per heavy atom. The fourth-order valence-electron chi connectivity index (χ4n) is 2.52. The van der Waals surface area contributed by atoms with Gasteiger partial charge in [0.2, 0.25) is 11.1 Å². The van der Waals surface area contributed by atoms with E-state index in [1.165, 1.54) is 11.8 Å². The summed E-state index contributed by atoms with van der Waals surface area (Å²) in [5, 5.41) is 16.8. The van der Waals surface area contributed by atoms with Gasteiger partial charge in [0.15, 0.2) is 5.65 Å². The lowest BCUT2D eigenvalue weighted by Crippen LogP contribution is -2.14. The van der Waals surface area contributed by atoms with Crippen molar-refractivity contribution in [3.63, 3.8) is 0 Å². The molecule has 1 N–H and O–H groups in total. The van der Waals surface area contributed by atoms with E-state index in [0.29, 0.717) is 21.5 Å². The van der Waals surface area contributed by atoms with Crippen LogP contribution < -0.4 is 5.32 Å². The van der Waals surface area contributed by atoms with Crippen LogP contribution >= 0.6 is 23.4 Å². The zero-order chi connectivity index (χ0) is 18.6. The highest BCUT2D eigenvalue weighted by atomic mass is 35.5. The van der Waals surface area contributed by atoms with Crippen LogP contribution in [0.3, 0.4) is 0 Å². The molecule has 0 aliphatic rings. The molecule has 8 heteroatoms. The number of carbonyl (C=O) groups excluding carboxylic acids is 1. The number of fused-ring (bicyclic) bond motifs is 1. The fourth-order valence-corrected chi connectivity index (χ4v) is 3.39. The monoisotopic (exact) mass is 395 g/mol. The number of halogens is 1. The molecular formula is C19H14ClN5OS. The molecule has 0 aliphatic heterocycles. The molecule has 0 fully saturated rings. The third kappa shape index (κ3) is 4.10. The number of carbonyl (C=O) groups is 1. The zero-order valence-corrected chi connectivity index (χ0v) is 15.6. The van der Waals surface area contributed by atoms with Gasteiger partial charge in [-0.3, -0.25) is 4.79 Å². The summed E-state index contributed by atoms with van der Waals surface area (Å²) in [4.78, 5) is 12.2. The van der Waals surface area contributed by atoms with Crippen molar-refractivity contribution in [2.24, 2.45) is 0 Å². The van der Waals surface area contributed by atoms with E-state index in [1.807, 2.05) is 42.5 Å². The molecular weight excluding hydrogens is 382 g/mol. The summed E-state index contributed by atoms with van der Waals surface area (Å²) in [7, 11) is 0. The normalized spacial score (nSPS) is 10.9. The number of amides is 1. The Hall–Kier alpha value is -2.90. The first-order valence-electron chi connectivity index (χ1n) is 8.15. The standard InChI is InChI=1S/C19H14ClN5OS/c20-14-7-4-8-15(11-14)21-18(26)12-27-19-23-22-17-10-9-16(24-25(17)19)13-5-2-1-3-6-13/h1-11H,12H2,(H,21,26). The number of hydrogen-bond acceptors (Lipinski definition) is 5. The SMILES string of the molecule is O=C(CSc1nnc2ccc(-c3ccccc3)nn12)Nc1cccc(Cl)c1. The highest BCUT2D eigenvalue weighted by Crippen LogP contribution is 2.21. The van der Waals surface area contributed by atoms with Crippen molar-refractivity contribution in [1.29, 1.82) is 0 Å². The molecule has 0 spiro atoms. The summed E-state index contributed by atoms with van der Waals surface area (Å²) >= 11 is 7.20. The van der Waals surface area contributed by atoms with Crippen molar-refractivity contribution in [1.82, 2.24) is 19.8 Å². The molecule has 0 unspecified atom stereocenters. The summed E-state index contributed by atoms with van der Waals surface area (Å²) in [5.41, 5.74) is 3.10. The van der Waals surface area contributed by atoms with Crippen LogP contribution in [0.4, 0.5) is 5.69 Å². The summed E-state index contributed by atoms with van der Waals surface area (Å²) in [6.07, 6.45) is 0. The maximum atomic E-state index is 12.2. The van der Waals surface area contributed by atoms with E-state index in [1.54, 1.807) is 28.8 Å². The lowest BCUT2D eigenvalue weighted by molar-refractivity contribution is -0.113. The van der Waals surface area contributed by atoms with E-state index in [4.69, 9.17) is 11.6 Å². The maximum Gasteiger partial charge on any atom is 0.234 e. The molecule has 134 valence electrons. The van der Waals surface area contributed by atoms with E-state index in [9.17, 15) is 4.79 Å². The number of hydrogen-bond donors (Lipinski definition) is 1. The van der Waals surface area contributed by atoms with Crippen LogP contribution in [0.1, 0.15) is 0 Å². The molecule has 0 saturated carbocycles. The average Bonchev–Trinajstić information content (AvgIpc) is 3.09. The third-order valence-electron chi connectivity index (χ3n) is 3.74. The first-order chi connectivity index (χ1) is 13.2. The molecule has 0 saturated heterocycles. The predicted octanol–water partition coefficient (Wildman–Crippen LogP) is 4.18. The van der Waals surface area contributed by atoms with Gasteiger partial charge in [-0.15, -0.1) is 10.2 Å². The minimum Gasteiger partial charge on any atom is -0.325 e.